The summed E-state index contributed by atoms with van der Waals surface area (Å²) in [5.41, 5.74) is 5.26. The van der Waals surface area contributed by atoms with Gasteiger partial charge in [-0.25, -0.2) is 0 Å². The molecule has 1 unspecified atom stereocenters. The van der Waals surface area contributed by atoms with Crippen LogP contribution in [0.15, 0.2) is 36.9 Å². The molecule has 0 bridgehead atoms. The van der Waals surface area contributed by atoms with E-state index in [9.17, 15) is 0 Å². The lowest BCUT2D eigenvalue weighted by Crippen LogP contribution is -2.03. The average Bonchev–Trinajstić information content (AvgIpc) is 2.29. The first-order valence-electron chi connectivity index (χ1n) is 7.00. The molecule has 0 N–H and O–H groups in total. The summed E-state index contributed by atoms with van der Waals surface area (Å²) in [5, 5.41) is 0. The van der Waals surface area contributed by atoms with E-state index in [0.717, 1.165) is 17.9 Å². The van der Waals surface area contributed by atoms with Gasteiger partial charge in [-0.15, -0.1) is 0 Å². The second-order valence-corrected chi connectivity index (χ2v) is 5.23. The van der Waals surface area contributed by atoms with E-state index in [1.807, 2.05) is 6.92 Å². The Morgan fingerprint density at radius 1 is 1.39 bits per heavy atom. The number of aryl methyl sites for hydroxylation is 1. The fourth-order valence-electron chi connectivity index (χ4n) is 2.61. The lowest BCUT2D eigenvalue weighted by Gasteiger charge is -2.16. The largest absolute Gasteiger partial charge is 0.0912 e. The average molecular weight is 242 g/mol. The molecule has 1 aromatic carbocycles. The highest BCUT2D eigenvalue weighted by molar-refractivity contribution is 5.76. The molecule has 18 heavy (non-hydrogen) atoms. The minimum atomic E-state index is 0.744. The van der Waals surface area contributed by atoms with Gasteiger partial charge >= 0.3 is 0 Å². The molecule has 98 valence electrons. The van der Waals surface area contributed by atoms with Gasteiger partial charge in [-0.1, -0.05) is 63.6 Å². The lowest BCUT2D eigenvalue weighted by atomic mass is 9.89. The number of hydrogen-bond donors (Lipinski definition) is 0. The first-order valence-corrected chi connectivity index (χ1v) is 7.00. The van der Waals surface area contributed by atoms with Crippen molar-refractivity contribution in [1.29, 1.82) is 0 Å². The van der Waals surface area contributed by atoms with Gasteiger partial charge in [-0.3, -0.25) is 0 Å². The number of benzene rings is 1. The smallest absolute Gasteiger partial charge is 0.0129 e. The number of hydrogen-bond acceptors (Lipinski definition) is 0. The van der Waals surface area contributed by atoms with Crippen molar-refractivity contribution in [3.63, 3.8) is 0 Å². The molecule has 0 heterocycles. The Bertz CT molecular complexity index is 424. The van der Waals surface area contributed by atoms with Crippen LogP contribution in [-0.2, 0) is 6.42 Å². The van der Waals surface area contributed by atoms with Crippen molar-refractivity contribution >= 4 is 5.57 Å². The minimum Gasteiger partial charge on any atom is -0.0912 e. The van der Waals surface area contributed by atoms with E-state index < -0.39 is 0 Å². The molecule has 0 amide bonds. The maximum absolute atomic E-state index is 4.20. The first kappa shape index (κ1) is 14.8. The summed E-state index contributed by atoms with van der Waals surface area (Å²) in [6.07, 6.45) is 7.88. The predicted octanol–water partition coefficient (Wildman–Crippen LogP) is 5.56. The van der Waals surface area contributed by atoms with E-state index >= 15 is 0 Å². The minimum absolute atomic E-state index is 0.744. The molecule has 0 nitrogen and oxygen atoms in total. The van der Waals surface area contributed by atoms with Crippen LogP contribution in [0.4, 0.5) is 0 Å². The van der Waals surface area contributed by atoms with Gasteiger partial charge in [0, 0.05) is 0 Å². The zero-order valence-electron chi connectivity index (χ0n) is 12.3. The van der Waals surface area contributed by atoms with E-state index in [-0.39, 0.29) is 0 Å². The molecule has 0 saturated heterocycles. The Morgan fingerprint density at radius 3 is 2.72 bits per heavy atom. The van der Waals surface area contributed by atoms with Crippen LogP contribution in [0.25, 0.3) is 5.57 Å². The molecule has 1 rings (SSSR count). The fourth-order valence-corrected chi connectivity index (χ4v) is 2.61. The molecular formula is C18H26. The van der Waals surface area contributed by atoms with Crippen LogP contribution in [0.5, 0.6) is 0 Å². The summed E-state index contributed by atoms with van der Waals surface area (Å²) >= 11 is 0. The zero-order valence-corrected chi connectivity index (χ0v) is 12.3. The maximum atomic E-state index is 4.20. The SMILES string of the molecule is C=C(/C=C/C)c1c(C)cccc1CC(C)CCC. The Labute approximate surface area is 112 Å². The van der Waals surface area contributed by atoms with Crippen molar-refractivity contribution in [3.05, 3.63) is 53.6 Å². The quantitative estimate of drug-likeness (QED) is 0.573. The molecule has 0 radical (unpaired) electrons. The van der Waals surface area contributed by atoms with Crippen LogP contribution in [0.2, 0.25) is 0 Å². The highest BCUT2D eigenvalue weighted by Crippen LogP contribution is 2.26. The van der Waals surface area contributed by atoms with Gasteiger partial charge in [0.1, 0.15) is 0 Å². The Hall–Kier alpha value is -1.30. The number of allylic oxidation sites excluding steroid dienone is 3. The predicted molar refractivity (Wildman–Crippen MR) is 82.8 cm³/mol. The van der Waals surface area contributed by atoms with Gasteiger partial charge in [0.15, 0.2) is 0 Å². The van der Waals surface area contributed by atoms with Crippen LogP contribution in [-0.4, -0.2) is 0 Å². The van der Waals surface area contributed by atoms with Crippen LogP contribution in [0.3, 0.4) is 0 Å². The third-order valence-corrected chi connectivity index (χ3v) is 3.40. The van der Waals surface area contributed by atoms with E-state index in [1.165, 1.54) is 29.5 Å². The summed E-state index contributed by atoms with van der Waals surface area (Å²) in [4.78, 5) is 0. The molecule has 1 atom stereocenters. The van der Waals surface area contributed by atoms with Crippen molar-refractivity contribution in [2.24, 2.45) is 5.92 Å². The summed E-state index contributed by atoms with van der Waals surface area (Å²) in [6.45, 7) is 13.0. The van der Waals surface area contributed by atoms with Gasteiger partial charge in [0.05, 0.1) is 0 Å². The summed E-state index contributed by atoms with van der Waals surface area (Å²) in [5.74, 6) is 0.744. The highest BCUT2D eigenvalue weighted by Gasteiger charge is 2.10. The Morgan fingerprint density at radius 2 is 2.11 bits per heavy atom. The highest BCUT2D eigenvalue weighted by atomic mass is 14.1. The molecule has 0 aliphatic carbocycles. The molecule has 1 aromatic rings. The Kier molecular flexibility index (Phi) is 5.91. The van der Waals surface area contributed by atoms with Crippen molar-refractivity contribution in [3.8, 4) is 0 Å². The summed E-state index contributed by atoms with van der Waals surface area (Å²) in [7, 11) is 0. The molecule has 0 spiro atoms. The molecule has 0 heteroatoms. The third kappa shape index (κ3) is 3.87. The first-order chi connectivity index (χ1) is 8.60. The monoisotopic (exact) mass is 242 g/mol. The van der Waals surface area contributed by atoms with Crippen LogP contribution in [0, 0.1) is 12.8 Å². The van der Waals surface area contributed by atoms with Gasteiger partial charge < -0.3 is 0 Å². The van der Waals surface area contributed by atoms with Gasteiger partial charge in [-0.2, -0.15) is 0 Å². The molecule has 0 aromatic heterocycles. The molecule has 0 saturated carbocycles. The second kappa shape index (κ2) is 7.20. The second-order valence-electron chi connectivity index (χ2n) is 5.23. The molecule has 0 fully saturated rings. The number of rotatable bonds is 6. The van der Waals surface area contributed by atoms with Crippen molar-refractivity contribution in [2.75, 3.05) is 0 Å². The Balaban J connectivity index is 3.04. The molecular weight excluding hydrogens is 216 g/mol. The fraction of sp³-hybridized carbons (Fsp3) is 0.444. The normalized spacial score (nSPS) is 12.9. The third-order valence-electron chi connectivity index (χ3n) is 3.40. The maximum Gasteiger partial charge on any atom is -0.0129 e. The van der Waals surface area contributed by atoms with E-state index in [2.05, 4.69) is 57.7 Å². The van der Waals surface area contributed by atoms with Crippen LogP contribution >= 0.6 is 0 Å². The van der Waals surface area contributed by atoms with E-state index in [4.69, 9.17) is 0 Å². The van der Waals surface area contributed by atoms with Crippen molar-refractivity contribution < 1.29 is 0 Å². The van der Waals surface area contributed by atoms with Crippen LogP contribution < -0.4 is 0 Å². The summed E-state index contributed by atoms with van der Waals surface area (Å²) < 4.78 is 0. The topological polar surface area (TPSA) is 0 Å². The summed E-state index contributed by atoms with van der Waals surface area (Å²) in [6, 6.07) is 6.59. The zero-order chi connectivity index (χ0) is 13.5. The van der Waals surface area contributed by atoms with E-state index in [0.29, 0.717) is 0 Å². The van der Waals surface area contributed by atoms with Gasteiger partial charge in [0.25, 0.3) is 0 Å². The van der Waals surface area contributed by atoms with Gasteiger partial charge in [0.2, 0.25) is 0 Å². The van der Waals surface area contributed by atoms with Crippen molar-refractivity contribution in [2.45, 2.75) is 47.0 Å². The molecule has 0 aliphatic heterocycles. The standard InChI is InChI=1S/C18H26/c1-6-9-14(3)13-17-12-8-11-16(5)18(17)15(4)10-7-2/h7-8,10-12,14H,4,6,9,13H2,1-3,5H3/b10-7+. The van der Waals surface area contributed by atoms with E-state index in [1.54, 1.807) is 0 Å². The van der Waals surface area contributed by atoms with Crippen molar-refractivity contribution in [1.82, 2.24) is 0 Å². The van der Waals surface area contributed by atoms with Crippen LogP contribution in [0.1, 0.15) is 50.3 Å². The van der Waals surface area contributed by atoms with Gasteiger partial charge in [-0.05, 0) is 48.4 Å². The molecule has 0 aliphatic rings. The lowest BCUT2D eigenvalue weighted by molar-refractivity contribution is 0.522.